The lowest BCUT2D eigenvalue weighted by molar-refractivity contribution is 0.420. The van der Waals surface area contributed by atoms with E-state index in [4.69, 9.17) is 9.72 Å². The van der Waals surface area contributed by atoms with Crippen LogP contribution in [0, 0.1) is 0 Å². The van der Waals surface area contributed by atoms with Crippen LogP contribution in [0.25, 0.3) is 22.0 Å². The predicted molar refractivity (Wildman–Crippen MR) is 95.1 cm³/mol. The fourth-order valence-corrected chi connectivity index (χ4v) is 3.67. The average molecular weight is 312 g/mol. The molecule has 0 aliphatic carbocycles. The Morgan fingerprint density at radius 1 is 1.09 bits per heavy atom. The van der Waals surface area contributed by atoms with Crippen molar-refractivity contribution in [3.8, 4) is 17.0 Å². The highest BCUT2D eigenvalue weighted by molar-refractivity contribution is 7.16. The zero-order valence-corrected chi connectivity index (χ0v) is 14.0. The van der Waals surface area contributed by atoms with Gasteiger partial charge in [-0.2, -0.15) is 0 Å². The lowest BCUT2D eigenvalue weighted by Crippen LogP contribution is -1.95. The van der Waals surface area contributed by atoms with Gasteiger partial charge in [0.2, 0.25) is 0 Å². The van der Waals surface area contributed by atoms with Gasteiger partial charge in [-0.1, -0.05) is 31.2 Å². The van der Waals surface area contributed by atoms with E-state index >= 15 is 0 Å². The van der Waals surface area contributed by atoms with Gasteiger partial charge in [-0.3, -0.25) is 0 Å². The molecule has 1 aromatic heterocycles. The molecule has 2 aromatic carbocycles. The number of nitrogens with zero attached hydrogens (tertiary/aromatic N) is 1. The molecule has 0 radical (unpaired) electrons. The summed E-state index contributed by atoms with van der Waals surface area (Å²) in [6, 6.07) is 12.5. The molecule has 0 aliphatic rings. The molecule has 3 nitrogen and oxygen atoms in total. The zero-order valence-electron chi connectivity index (χ0n) is 13.1. The number of benzene rings is 2. The molecule has 0 atom stereocenters. The lowest BCUT2D eigenvalue weighted by atomic mass is 10.0. The van der Waals surface area contributed by atoms with E-state index in [1.165, 1.54) is 15.8 Å². The minimum absolute atomic E-state index is 0.888. The van der Waals surface area contributed by atoms with Crippen molar-refractivity contribution in [1.29, 1.82) is 0 Å². The van der Waals surface area contributed by atoms with Gasteiger partial charge in [0.05, 0.1) is 12.8 Å². The topological polar surface area (TPSA) is 34.2 Å². The Bertz CT molecular complexity index is 795. The number of thiazole rings is 1. The molecular formula is C18H20N2OS. The number of fused-ring (bicyclic) bond motifs is 1. The zero-order chi connectivity index (χ0) is 15.5. The van der Waals surface area contributed by atoms with Gasteiger partial charge >= 0.3 is 0 Å². The largest absolute Gasteiger partial charge is 0.496 e. The van der Waals surface area contributed by atoms with Crippen molar-refractivity contribution in [2.24, 2.45) is 0 Å². The van der Waals surface area contributed by atoms with Gasteiger partial charge in [0.1, 0.15) is 5.75 Å². The number of ether oxygens (including phenoxy) is 1. The molecule has 0 bridgehead atoms. The standard InChI is InChI=1S/C18H20N2OS/c1-4-16-17(20-18(22-16)19-5-2)14-10-11-15(21-3)13-9-7-6-8-12(13)14/h6-11H,4-5H2,1-3H3,(H,19,20). The highest BCUT2D eigenvalue weighted by Gasteiger charge is 2.15. The molecule has 22 heavy (non-hydrogen) atoms. The molecule has 3 aromatic rings. The molecule has 1 N–H and O–H groups in total. The van der Waals surface area contributed by atoms with E-state index < -0.39 is 0 Å². The summed E-state index contributed by atoms with van der Waals surface area (Å²) in [5.74, 6) is 0.902. The van der Waals surface area contributed by atoms with Gasteiger partial charge < -0.3 is 10.1 Å². The number of methoxy groups -OCH3 is 1. The Hall–Kier alpha value is -2.07. The number of anilines is 1. The minimum Gasteiger partial charge on any atom is -0.496 e. The second-order valence-electron chi connectivity index (χ2n) is 5.04. The maximum atomic E-state index is 5.49. The molecule has 0 aliphatic heterocycles. The van der Waals surface area contributed by atoms with E-state index in [-0.39, 0.29) is 0 Å². The molecule has 3 rings (SSSR count). The van der Waals surface area contributed by atoms with Crippen LogP contribution in [0.5, 0.6) is 5.75 Å². The molecule has 0 spiro atoms. The van der Waals surface area contributed by atoms with Gasteiger partial charge in [-0.15, -0.1) is 11.3 Å². The molecule has 0 saturated carbocycles. The van der Waals surface area contributed by atoms with Crippen LogP contribution in [-0.2, 0) is 6.42 Å². The third-order valence-electron chi connectivity index (χ3n) is 3.71. The molecule has 4 heteroatoms. The van der Waals surface area contributed by atoms with Crippen molar-refractivity contribution in [2.75, 3.05) is 19.0 Å². The second-order valence-corrected chi connectivity index (χ2v) is 6.12. The third kappa shape index (κ3) is 2.55. The summed E-state index contributed by atoms with van der Waals surface area (Å²) >= 11 is 1.74. The van der Waals surface area contributed by atoms with E-state index in [0.29, 0.717) is 0 Å². The Morgan fingerprint density at radius 3 is 2.55 bits per heavy atom. The summed E-state index contributed by atoms with van der Waals surface area (Å²) in [6.45, 7) is 5.16. The summed E-state index contributed by atoms with van der Waals surface area (Å²) < 4.78 is 5.49. The van der Waals surface area contributed by atoms with Crippen LogP contribution in [0.3, 0.4) is 0 Å². The summed E-state index contributed by atoms with van der Waals surface area (Å²) in [5, 5.41) is 6.63. The number of nitrogens with one attached hydrogen (secondary N) is 1. The first-order chi connectivity index (χ1) is 10.8. The van der Waals surface area contributed by atoms with E-state index in [9.17, 15) is 0 Å². The van der Waals surface area contributed by atoms with Crippen molar-refractivity contribution in [3.05, 3.63) is 41.3 Å². The number of hydrogen-bond acceptors (Lipinski definition) is 4. The number of aromatic nitrogens is 1. The predicted octanol–water partition coefficient (Wildman–Crippen LogP) is 4.97. The van der Waals surface area contributed by atoms with Crippen LogP contribution < -0.4 is 10.1 Å². The monoisotopic (exact) mass is 312 g/mol. The molecule has 0 fully saturated rings. The number of rotatable bonds is 5. The smallest absolute Gasteiger partial charge is 0.183 e. The molecule has 0 unspecified atom stereocenters. The quantitative estimate of drug-likeness (QED) is 0.722. The Labute approximate surface area is 135 Å². The van der Waals surface area contributed by atoms with Crippen LogP contribution in [0.2, 0.25) is 0 Å². The van der Waals surface area contributed by atoms with Gasteiger partial charge in [-0.25, -0.2) is 4.98 Å². The fourth-order valence-electron chi connectivity index (χ4n) is 2.68. The second kappa shape index (κ2) is 6.36. The van der Waals surface area contributed by atoms with Gasteiger partial charge in [-0.05, 0) is 30.9 Å². The highest BCUT2D eigenvalue weighted by Crippen LogP contribution is 2.38. The highest BCUT2D eigenvalue weighted by atomic mass is 32.1. The van der Waals surface area contributed by atoms with Crippen LogP contribution in [0.4, 0.5) is 5.13 Å². The van der Waals surface area contributed by atoms with Gasteiger partial charge in [0.15, 0.2) is 5.13 Å². The maximum absolute atomic E-state index is 5.49. The van der Waals surface area contributed by atoms with E-state index in [0.717, 1.165) is 34.9 Å². The van der Waals surface area contributed by atoms with Crippen LogP contribution in [0.1, 0.15) is 18.7 Å². The number of hydrogen-bond donors (Lipinski definition) is 1. The summed E-state index contributed by atoms with van der Waals surface area (Å²) in [5.41, 5.74) is 2.26. The summed E-state index contributed by atoms with van der Waals surface area (Å²) in [6.07, 6.45) is 0.985. The Kier molecular flexibility index (Phi) is 4.29. The lowest BCUT2D eigenvalue weighted by Gasteiger charge is -2.10. The summed E-state index contributed by atoms with van der Waals surface area (Å²) in [4.78, 5) is 6.12. The van der Waals surface area contributed by atoms with Gasteiger partial charge in [0.25, 0.3) is 0 Å². The first-order valence-electron chi connectivity index (χ1n) is 7.58. The molecule has 0 saturated heterocycles. The number of aryl methyl sites for hydroxylation is 1. The SMILES string of the molecule is CCNc1nc(-c2ccc(OC)c3ccccc23)c(CC)s1. The van der Waals surface area contributed by atoms with Crippen molar-refractivity contribution in [2.45, 2.75) is 20.3 Å². The fraction of sp³-hybridized carbons (Fsp3) is 0.278. The first kappa shape index (κ1) is 14.9. The third-order valence-corrected chi connectivity index (χ3v) is 4.86. The van der Waals surface area contributed by atoms with E-state index in [1.54, 1.807) is 18.4 Å². The van der Waals surface area contributed by atoms with Crippen LogP contribution in [0.15, 0.2) is 36.4 Å². The molecular weight excluding hydrogens is 292 g/mol. The van der Waals surface area contributed by atoms with E-state index in [1.807, 2.05) is 12.1 Å². The Morgan fingerprint density at radius 2 is 1.86 bits per heavy atom. The molecule has 0 amide bonds. The maximum Gasteiger partial charge on any atom is 0.183 e. The van der Waals surface area contributed by atoms with E-state index in [2.05, 4.69) is 43.4 Å². The first-order valence-corrected chi connectivity index (χ1v) is 8.39. The Balaban J connectivity index is 2.22. The molecule has 1 heterocycles. The van der Waals surface area contributed by atoms with Crippen molar-refractivity contribution < 1.29 is 4.74 Å². The van der Waals surface area contributed by atoms with Gasteiger partial charge in [0, 0.05) is 22.4 Å². The van der Waals surface area contributed by atoms with Crippen LogP contribution in [-0.4, -0.2) is 18.6 Å². The molecule has 114 valence electrons. The van der Waals surface area contributed by atoms with Crippen LogP contribution >= 0.6 is 11.3 Å². The minimum atomic E-state index is 0.888. The van der Waals surface area contributed by atoms with Crippen molar-refractivity contribution in [1.82, 2.24) is 4.98 Å². The normalized spacial score (nSPS) is 10.9. The van der Waals surface area contributed by atoms with Crippen molar-refractivity contribution >= 4 is 27.2 Å². The van der Waals surface area contributed by atoms with Crippen molar-refractivity contribution in [3.63, 3.8) is 0 Å². The summed E-state index contributed by atoms with van der Waals surface area (Å²) in [7, 11) is 1.71. The average Bonchev–Trinajstić information content (AvgIpc) is 2.97.